The van der Waals surface area contributed by atoms with Crippen LogP contribution < -0.4 is 5.32 Å². The minimum absolute atomic E-state index is 0.0171. The van der Waals surface area contributed by atoms with Crippen LogP contribution in [0.1, 0.15) is 35.0 Å². The Morgan fingerprint density at radius 3 is 2.85 bits per heavy atom. The topological polar surface area (TPSA) is 85.4 Å². The van der Waals surface area contributed by atoms with Crippen LogP contribution in [-0.4, -0.2) is 52.6 Å². The highest BCUT2D eigenvalue weighted by Gasteiger charge is 2.40. The zero-order valence-electron chi connectivity index (χ0n) is 15.9. The first kappa shape index (κ1) is 18.6. The van der Waals surface area contributed by atoms with Gasteiger partial charge in [-0.1, -0.05) is 5.16 Å². The third-order valence-corrected chi connectivity index (χ3v) is 5.03. The van der Waals surface area contributed by atoms with Crippen LogP contribution in [0.15, 0.2) is 16.9 Å². The van der Waals surface area contributed by atoms with Gasteiger partial charge in [0.05, 0.1) is 24.5 Å². The number of amides is 1. The number of nitrogens with one attached hydrogen (secondary N) is 1. The predicted molar refractivity (Wildman–Crippen MR) is 95.3 cm³/mol. The average molecular weight is 361 g/mol. The second kappa shape index (κ2) is 8.01. The first-order valence-corrected chi connectivity index (χ1v) is 8.90. The third-order valence-electron chi connectivity index (χ3n) is 5.03. The van der Waals surface area contributed by atoms with E-state index in [0.717, 1.165) is 29.1 Å². The molecule has 0 unspecified atom stereocenters. The second-order valence-corrected chi connectivity index (χ2v) is 6.87. The largest absolute Gasteiger partial charge is 0.383 e. The molecule has 3 rings (SSSR count). The van der Waals surface area contributed by atoms with Gasteiger partial charge in [-0.05, 0) is 13.8 Å². The maximum Gasteiger partial charge on any atom is 0.223 e. The lowest BCUT2D eigenvalue weighted by molar-refractivity contribution is -0.129. The lowest BCUT2D eigenvalue weighted by Gasteiger charge is -2.27. The Morgan fingerprint density at radius 1 is 1.42 bits per heavy atom. The first-order chi connectivity index (χ1) is 12.5. The third kappa shape index (κ3) is 3.81. The second-order valence-electron chi connectivity index (χ2n) is 6.87. The molecule has 8 heteroatoms. The Bertz CT molecular complexity index is 734. The summed E-state index contributed by atoms with van der Waals surface area (Å²) in [4.78, 5) is 14.5. The van der Waals surface area contributed by atoms with E-state index < -0.39 is 0 Å². The van der Waals surface area contributed by atoms with Crippen molar-refractivity contribution in [2.45, 2.75) is 32.9 Å². The van der Waals surface area contributed by atoms with E-state index in [1.165, 1.54) is 0 Å². The molecule has 1 saturated heterocycles. The normalized spacial score (nSPS) is 20.3. The zero-order valence-corrected chi connectivity index (χ0v) is 15.9. The molecular weight excluding hydrogens is 334 g/mol. The number of nitrogens with zero attached hydrogens (tertiary/aromatic N) is 4. The van der Waals surface area contributed by atoms with Gasteiger partial charge in [0.1, 0.15) is 5.76 Å². The Kier molecular flexibility index (Phi) is 5.73. The molecule has 1 aliphatic rings. The van der Waals surface area contributed by atoms with Crippen molar-refractivity contribution in [1.29, 1.82) is 0 Å². The summed E-state index contributed by atoms with van der Waals surface area (Å²) in [6.07, 6.45) is 4.37. The van der Waals surface area contributed by atoms with Crippen LogP contribution in [0.5, 0.6) is 0 Å². The van der Waals surface area contributed by atoms with E-state index in [0.29, 0.717) is 26.1 Å². The van der Waals surface area contributed by atoms with Gasteiger partial charge in [-0.15, -0.1) is 0 Å². The quantitative estimate of drug-likeness (QED) is 0.764. The highest BCUT2D eigenvalue weighted by Crippen LogP contribution is 2.37. The van der Waals surface area contributed by atoms with Crippen LogP contribution in [-0.2, 0) is 23.1 Å². The number of hydrogen-bond acceptors (Lipinski definition) is 6. The molecule has 1 amide bonds. The standard InChI is InChI=1S/C18H27N5O3/c1-12-16(13(2)26-21-12)10-19-8-14-7-17(24)23(5-6-25-4)18(14)15-9-20-22(3)11-15/h9,11,14,18-19H,5-8,10H2,1-4H3/t14-,18+/m0/s1. The highest BCUT2D eigenvalue weighted by atomic mass is 16.5. The van der Waals surface area contributed by atoms with E-state index in [4.69, 9.17) is 9.26 Å². The number of methoxy groups -OCH3 is 1. The molecule has 0 saturated carbocycles. The number of likely N-dealkylation sites (tertiary alicyclic amines) is 1. The Balaban J connectivity index is 1.70. The summed E-state index contributed by atoms with van der Waals surface area (Å²) in [5.41, 5.74) is 3.06. The smallest absolute Gasteiger partial charge is 0.223 e. The number of hydrogen-bond donors (Lipinski definition) is 1. The first-order valence-electron chi connectivity index (χ1n) is 8.90. The monoisotopic (exact) mass is 361 g/mol. The van der Waals surface area contributed by atoms with Crippen molar-refractivity contribution in [3.63, 3.8) is 0 Å². The average Bonchev–Trinajstić information content (AvgIpc) is 3.26. The van der Waals surface area contributed by atoms with Crippen molar-refractivity contribution in [3.05, 3.63) is 35.0 Å². The molecule has 0 radical (unpaired) electrons. The van der Waals surface area contributed by atoms with Gasteiger partial charge in [0, 0.05) is 63.5 Å². The van der Waals surface area contributed by atoms with Gasteiger partial charge in [-0.2, -0.15) is 5.10 Å². The molecule has 8 nitrogen and oxygen atoms in total. The van der Waals surface area contributed by atoms with E-state index >= 15 is 0 Å². The lowest BCUT2D eigenvalue weighted by atomic mass is 9.95. The van der Waals surface area contributed by atoms with Gasteiger partial charge in [-0.3, -0.25) is 9.48 Å². The molecule has 1 N–H and O–H groups in total. The summed E-state index contributed by atoms with van der Waals surface area (Å²) in [6.45, 7) is 6.40. The number of aryl methyl sites for hydroxylation is 3. The van der Waals surface area contributed by atoms with Crippen molar-refractivity contribution in [3.8, 4) is 0 Å². The fourth-order valence-corrected chi connectivity index (χ4v) is 3.68. The molecule has 0 bridgehead atoms. The molecule has 3 heterocycles. The Hall–Kier alpha value is -2.19. The summed E-state index contributed by atoms with van der Waals surface area (Å²) in [5.74, 6) is 1.19. The summed E-state index contributed by atoms with van der Waals surface area (Å²) < 4.78 is 12.2. The van der Waals surface area contributed by atoms with Gasteiger partial charge < -0.3 is 19.5 Å². The SMILES string of the molecule is COCCN1C(=O)C[C@@H](CNCc2c(C)noc2C)[C@@H]1c1cnn(C)c1. The Morgan fingerprint density at radius 2 is 2.23 bits per heavy atom. The molecule has 0 aromatic carbocycles. The molecule has 1 aliphatic heterocycles. The van der Waals surface area contributed by atoms with E-state index in [1.54, 1.807) is 11.8 Å². The minimum atomic E-state index is 0.0171. The Labute approximate surface area is 153 Å². The van der Waals surface area contributed by atoms with Crippen LogP contribution in [0, 0.1) is 19.8 Å². The van der Waals surface area contributed by atoms with Crippen molar-refractivity contribution < 1.29 is 14.1 Å². The number of carbonyl (C=O) groups is 1. The molecule has 26 heavy (non-hydrogen) atoms. The number of aromatic nitrogens is 3. The van der Waals surface area contributed by atoms with E-state index in [2.05, 4.69) is 15.6 Å². The van der Waals surface area contributed by atoms with E-state index in [1.807, 2.05) is 38.2 Å². The number of carbonyl (C=O) groups excluding carboxylic acids is 1. The highest BCUT2D eigenvalue weighted by molar-refractivity contribution is 5.79. The fourth-order valence-electron chi connectivity index (χ4n) is 3.68. The van der Waals surface area contributed by atoms with Gasteiger partial charge in [0.25, 0.3) is 0 Å². The molecule has 2 aromatic rings. The molecule has 2 aromatic heterocycles. The van der Waals surface area contributed by atoms with Gasteiger partial charge in [0.2, 0.25) is 5.91 Å². The van der Waals surface area contributed by atoms with Crippen molar-refractivity contribution in [2.75, 3.05) is 26.8 Å². The molecule has 2 atom stereocenters. The maximum absolute atomic E-state index is 12.6. The van der Waals surface area contributed by atoms with E-state index in [-0.39, 0.29) is 17.9 Å². The van der Waals surface area contributed by atoms with Crippen LogP contribution in [0.25, 0.3) is 0 Å². The molecule has 1 fully saturated rings. The van der Waals surface area contributed by atoms with Crippen molar-refractivity contribution >= 4 is 5.91 Å². The lowest BCUT2D eigenvalue weighted by Crippen LogP contribution is -2.33. The van der Waals surface area contributed by atoms with Gasteiger partial charge in [0.15, 0.2) is 0 Å². The van der Waals surface area contributed by atoms with E-state index in [9.17, 15) is 4.79 Å². The predicted octanol–water partition coefficient (Wildman–Crippen LogP) is 1.35. The van der Waals surface area contributed by atoms with Gasteiger partial charge in [-0.25, -0.2) is 0 Å². The summed E-state index contributed by atoms with van der Waals surface area (Å²) in [7, 11) is 3.55. The van der Waals surface area contributed by atoms with Gasteiger partial charge >= 0.3 is 0 Å². The van der Waals surface area contributed by atoms with Crippen LogP contribution in [0.4, 0.5) is 0 Å². The summed E-state index contributed by atoms with van der Waals surface area (Å²) >= 11 is 0. The molecule has 0 spiro atoms. The van der Waals surface area contributed by atoms with Crippen molar-refractivity contribution in [1.82, 2.24) is 25.2 Å². The van der Waals surface area contributed by atoms with Crippen LogP contribution in [0.3, 0.4) is 0 Å². The summed E-state index contributed by atoms with van der Waals surface area (Å²) in [5, 5.41) is 11.8. The number of rotatable bonds is 8. The fraction of sp³-hybridized carbons (Fsp3) is 0.611. The van der Waals surface area contributed by atoms with Crippen LogP contribution >= 0.6 is 0 Å². The number of ether oxygens (including phenoxy) is 1. The minimum Gasteiger partial charge on any atom is -0.383 e. The summed E-state index contributed by atoms with van der Waals surface area (Å²) in [6, 6.07) is 0.0171. The van der Waals surface area contributed by atoms with Crippen molar-refractivity contribution in [2.24, 2.45) is 13.0 Å². The molecule has 142 valence electrons. The molecular formula is C18H27N5O3. The molecule has 0 aliphatic carbocycles. The van der Waals surface area contributed by atoms with Crippen LogP contribution in [0.2, 0.25) is 0 Å². The maximum atomic E-state index is 12.6. The zero-order chi connectivity index (χ0) is 18.7.